The monoisotopic (exact) mass is 235 g/mol. The van der Waals surface area contributed by atoms with Gasteiger partial charge in [-0.15, -0.1) is 0 Å². The van der Waals surface area contributed by atoms with Gasteiger partial charge in [0.2, 0.25) is 0 Å². The van der Waals surface area contributed by atoms with E-state index in [2.05, 4.69) is 25.2 Å². The lowest BCUT2D eigenvalue weighted by Crippen LogP contribution is -2.21. The smallest absolute Gasteiger partial charge is 0.310 e. The first-order chi connectivity index (χ1) is 8.06. The number of ether oxygens (including phenoxy) is 1. The molecule has 0 amide bonds. The molecule has 94 valence electrons. The predicted molar refractivity (Wildman–Crippen MR) is 70.2 cm³/mol. The average molecular weight is 235 g/mol. The molecule has 17 heavy (non-hydrogen) atoms. The summed E-state index contributed by atoms with van der Waals surface area (Å²) in [7, 11) is 1.42. The van der Waals surface area contributed by atoms with E-state index in [4.69, 9.17) is 4.74 Å². The molecule has 0 saturated carbocycles. The van der Waals surface area contributed by atoms with E-state index in [0.29, 0.717) is 12.5 Å². The first-order valence-corrected chi connectivity index (χ1v) is 5.97. The summed E-state index contributed by atoms with van der Waals surface area (Å²) in [6.07, 6.45) is 0. The minimum atomic E-state index is -0.181. The molecule has 0 fully saturated rings. The van der Waals surface area contributed by atoms with Crippen LogP contribution in [0, 0.1) is 5.92 Å². The second-order valence-electron chi connectivity index (χ2n) is 4.55. The topological polar surface area (TPSA) is 38.3 Å². The number of carbonyl (C=O) groups is 1. The van der Waals surface area contributed by atoms with Crippen LogP contribution in [0.25, 0.3) is 0 Å². The van der Waals surface area contributed by atoms with E-state index in [0.717, 1.165) is 5.69 Å². The summed E-state index contributed by atoms with van der Waals surface area (Å²) in [4.78, 5) is 11.3. The average Bonchev–Trinajstić information content (AvgIpc) is 2.35. The Bertz CT molecular complexity index is 374. The van der Waals surface area contributed by atoms with E-state index in [-0.39, 0.29) is 11.9 Å². The van der Waals surface area contributed by atoms with E-state index in [1.54, 1.807) is 0 Å². The van der Waals surface area contributed by atoms with Gasteiger partial charge in [0.25, 0.3) is 0 Å². The number of benzene rings is 1. The molecule has 3 heteroatoms. The van der Waals surface area contributed by atoms with Crippen LogP contribution in [0.2, 0.25) is 0 Å². The number of rotatable bonds is 5. The molecule has 3 nitrogen and oxygen atoms in total. The van der Waals surface area contributed by atoms with Gasteiger partial charge in [-0.3, -0.25) is 4.79 Å². The van der Waals surface area contributed by atoms with E-state index in [1.165, 1.54) is 12.7 Å². The Labute approximate surface area is 103 Å². The highest BCUT2D eigenvalue weighted by molar-refractivity contribution is 5.72. The Morgan fingerprint density at radius 2 is 1.94 bits per heavy atom. The molecule has 1 aromatic carbocycles. The predicted octanol–water partition coefficient (Wildman–Crippen LogP) is 3.03. The van der Waals surface area contributed by atoms with Gasteiger partial charge >= 0.3 is 5.97 Å². The molecule has 0 aliphatic carbocycles. The molecule has 0 heterocycles. The Balaban J connectivity index is 2.66. The molecule has 1 N–H and O–H groups in total. The number of hydrogen-bond donors (Lipinski definition) is 1. The minimum absolute atomic E-state index is 0.139. The highest BCUT2D eigenvalue weighted by atomic mass is 16.5. The molecule has 1 rings (SSSR count). The quantitative estimate of drug-likeness (QED) is 0.797. The highest BCUT2D eigenvalue weighted by Gasteiger charge is 2.13. The number of nitrogens with one attached hydrogen (secondary N) is 1. The summed E-state index contributed by atoms with van der Waals surface area (Å²) < 4.78 is 4.70. The van der Waals surface area contributed by atoms with Crippen molar-refractivity contribution in [1.29, 1.82) is 0 Å². The molecule has 1 aromatic rings. The van der Waals surface area contributed by atoms with Crippen molar-refractivity contribution in [2.75, 3.05) is 19.0 Å². The van der Waals surface area contributed by atoms with Crippen molar-refractivity contribution >= 4 is 11.7 Å². The van der Waals surface area contributed by atoms with Crippen LogP contribution in [0.3, 0.4) is 0 Å². The Kier molecular flexibility index (Phi) is 5.01. The zero-order valence-corrected chi connectivity index (χ0v) is 11.0. The largest absolute Gasteiger partial charge is 0.469 e. The molecule has 0 saturated heterocycles. The first kappa shape index (κ1) is 13.6. The number of anilines is 1. The molecule has 0 aliphatic heterocycles. The van der Waals surface area contributed by atoms with E-state index < -0.39 is 0 Å². The van der Waals surface area contributed by atoms with Gasteiger partial charge in [-0.2, -0.15) is 0 Å². The van der Waals surface area contributed by atoms with Crippen LogP contribution in [-0.4, -0.2) is 19.6 Å². The summed E-state index contributed by atoms with van der Waals surface area (Å²) >= 11 is 0. The number of hydrogen-bond acceptors (Lipinski definition) is 3. The van der Waals surface area contributed by atoms with E-state index >= 15 is 0 Å². The van der Waals surface area contributed by atoms with Crippen molar-refractivity contribution in [3.63, 3.8) is 0 Å². The molecule has 0 bridgehead atoms. The van der Waals surface area contributed by atoms with Crippen molar-refractivity contribution in [3.8, 4) is 0 Å². The molecule has 1 atom stereocenters. The molecule has 0 aromatic heterocycles. The number of esters is 1. The first-order valence-electron chi connectivity index (χ1n) is 5.97. The van der Waals surface area contributed by atoms with Crippen LogP contribution in [0.1, 0.15) is 32.3 Å². The fraction of sp³-hybridized carbons (Fsp3) is 0.500. The highest BCUT2D eigenvalue weighted by Crippen LogP contribution is 2.23. The maximum atomic E-state index is 11.3. The van der Waals surface area contributed by atoms with Crippen molar-refractivity contribution in [2.24, 2.45) is 5.92 Å². The summed E-state index contributed by atoms with van der Waals surface area (Å²) in [5.74, 6) is 0.145. The Morgan fingerprint density at radius 1 is 1.29 bits per heavy atom. The van der Waals surface area contributed by atoms with Crippen molar-refractivity contribution < 1.29 is 9.53 Å². The van der Waals surface area contributed by atoms with Crippen molar-refractivity contribution in [1.82, 2.24) is 0 Å². The lowest BCUT2D eigenvalue weighted by molar-refractivity contribution is -0.144. The number of para-hydroxylation sites is 1. The fourth-order valence-electron chi connectivity index (χ4n) is 1.71. The van der Waals surface area contributed by atoms with Crippen molar-refractivity contribution in [3.05, 3.63) is 29.8 Å². The third-order valence-corrected chi connectivity index (χ3v) is 2.79. The molecule has 0 aliphatic rings. The third-order valence-electron chi connectivity index (χ3n) is 2.79. The van der Waals surface area contributed by atoms with Crippen LogP contribution in [0.5, 0.6) is 0 Å². The molecule has 1 unspecified atom stereocenters. The zero-order chi connectivity index (χ0) is 12.8. The minimum Gasteiger partial charge on any atom is -0.469 e. The number of carbonyl (C=O) groups excluding carboxylic acids is 1. The summed E-state index contributed by atoms with van der Waals surface area (Å²) in [5, 5.41) is 3.31. The zero-order valence-electron chi connectivity index (χ0n) is 11.0. The third kappa shape index (κ3) is 3.77. The van der Waals surface area contributed by atoms with Crippen LogP contribution >= 0.6 is 0 Å². The molecular weight excluding hydrogens is 214 g/mol. The molecule has 0 radical (unpaired) electrons. The SMILES string of the molecule is COC(=O)C(C)CNc1ccccc1C(C)C. The second kappa shape index (κ2) is 6.28. The normalized spacial score (nSPS) is 12.3. The van der Waals surface area contributed by atoms with Crippen LogP contribution in [-0.2, 0) is 9.53 Å². The van der Waals surface area contributed by atoms with Gasteiger partial charge < -0.3 is 10.1 Å². The second-order valence-corrected chi connectivity index (χ2v) is 4.55. The van der Waals surface area contributed by atoms with Crippen LogP contribution in [0.4, 0.5) is 5.69 Å². The summed E-state index contributed by atoms with van der Waals surface area (Å²) in [5.41, 5.74) is 2.36. The standard InChI is InChI=1S/C14H21NO2/c1-10(2)12-7-5-6-8-13(12)15-9-11(3)14(16)17-4/h5-8,10-11,15H,9H2,1-4H3. The van der Waals surface area contributed by atoms with Gasteiger partial charge in [0, 0.05) is 12.2 Å². The Morgan fingerprint density at radius 3 is 2.53 bits per heavy atom. The van der Waals surface area contributed by atoms with Gasteiger partial charge in [-0.1, -0.05) is 39.0 Å². The van der Waals surface area contributed by atoms with Gasteiger partial charge in [0.05, 0.1) is 13.0 Å². The van der Waals surface area contributed by atoms with Crippen LogP contribution in [0.15, 0.2) is 24.3 Å². The lowest BCUT2D eigenvalue weighted by Gasteiger charge is -2.16. The molecular formula is C14H21NO2. The van der Waals surface area contributed by atoms with Gasteiger partial charge in [0.1, 0.15) is 0 Å². The van der Waals surface area contributed by atoms with Crippen molar-refractivity contribution in [2.45, 2.75) is 26.7 Å². The maximum absolute atomic E-state index is 11.3. The fourth-order valence-corrected chi connectivity index (χ4v) is 1.71. The molecule has 0 spiro atoms. The van der Waals surface area contributed by atoms with Gasteiger partial charge in [-0.05, 0) is 17.5 Å². The summed E-state index contributed by atoms with van der Waals surface area (Å²) in [6.45, 7) is 6.77. The Hall–Kier alpha value is -1.51. The van der Waals surface area contributed by atoms with E-state index in [1.807, 2.05) is 25.1 Å². The maximum Gasteiger partial charge on any atom is 0.310 e. The van der Waals surface area contributed by atoms with Crippen LogP contribution < -0.4 is 5.32 Å². The van der Waals surface area contributed by atoms with Gasteiger partial charge in [-0.25, -0.2) is 0 Å². The van der Waals surface area contributed by atoms with E-state index in [9.17, 15) is 4.79 Å². The summed E-state index contributed by atoms with van der Waals surface area (Å²) in [6, 6.07) is 8.18. The van der Waals surface area contributed by atoms with Gasteiger partial charge in [0.15, 0.2) is 0 Å². The number of methoxy groups -OCH3 is 1. The lowest BCUT2D eigenvalue weighted by atomic mass is 10.0.